The Morgan fingerprint density at radius 1 is 1.33 bits per heavy atom. The third kappa shape index (κ3) is 5.52. The molecule has 2 nitrogen and oxygen atoms in total. The Morgan fingerprint density at radius 3 is 2.00 bits per heavy atom. The molecule has 0 amide bonds. The predicted molar refractivity (Wildman–Crippen MR) is 48.2 cm³/mol. The number of rotatable bonds is 3. The molecule has 12 heavy (non-hydrogen) atoms. The summed E-state index contributed by atoms with van der Waals surface area (Å²) < 4.78 is 33.1. The van der Waals surface area contributed by atoms with Crippen molar-refractivity contribution in [1.29, 1.82) is 0 Å². The highest BCUT2D eigenvalue weighted by Crippen LogP contribution is 2.23. The fraction of sp³-hybridized carbons (Fsp3) is 1.00. The number of halogens is 1. The van der Waals surface area contributed by atoms with Crippen LogP contribution < -0.4 is 0 Å². The van der Waals surface area contributed by atoms with Crippen LogP contribution >= 0.6 is 0 Å². The molecule has 0 aliphatic heterocycles. The maximum atomic E-state index is 12.3. The fourth-order valence-corrected chi connectivity index (χ4v) is 1.18. The van der Waals surface area contributed by atoms with Gasteiger partial charge in [0.05, 0.1) is 5.25 Å². The van der Waals surface area contributed by atoms with Crippen LogP contribution in [-0.2, 0) is 10.2 Å². The van der Waals surface area contributed by atoms with Crippen molar-refractivity contribution in [3.63, 3.8) is 0 Å². The lowest BCUT2D eigenvalue weighted by Crippen LogP contribution is -2.16. The molecule has 0 N–H and O–H groups in total. The van der Waals surface area contributed by atoms with Crippen molar-refractivity contribution in [2.24, 2.45) is 5.41 Å². The van der Waals surface area contributed by atoms with Gasteiger partial charge in [-0.1, -0.05) is 20.8 Å². The average Bonchev–Trinajstić information content (AvgIpc) is 1.78. The van der Waals surface area contributed by atoms with Gasteiger partial charge in [-0.15, -0.1) is 3.89 Å². The van der Waals surface area contributed by atoms with Gasteiger partial charge in [0, 0.05) is 0 Å². The summed E-state index contributed by atoms with van der Waals surface area (Å²) in [6, 6.07) is 0. The average molecular weight is 196 g/mol. The van der Waals surface area contributed by atoms with E-state index in [4.69, 9.17) is 0 Å². The molecule has 0 saturated carbocycles. The van der Waals surface area contributed by atoms with E-state index in [1.807, 2.05) is 20.8 Å². The fourth-order valence-electron chi connectivity index (χ4n) is 0.777. The Kier molecular flexibility index (Phi) is 3.69. The molecule has 0 aromatic heterocycles. The SMILES string of the molecule is CC(CCC(C)(C)C)S(=O)(=O)F. The van der Waals surface area contributed by atoms with Crippen molar-refractivity contribution >= 4 is 10.2 Å². The maximum Gasteiger partial charge on any atom is 0.305 e. The van der Waals surface area contributed by atoms with Crippen molar-refractivity contribution in [2.75, 3.05) is 0 Å². The second-order valence-corrected chi connectivity index (χ2v) is 6.14. The molecule has 1 atom stereocenters. The molecular formula is C8H17FO2S. The molecule has 0 radical (unpaired) electrons. The Hall–Kier alpha value is -0.120. The van der Waals surface area contributed by atoms with E-state index in [0.717, 1.165) is 6.42 Å². The van der Waals surface area contributed by atoms with Crippen LogP contribution in [0.5, 0.6) is 0 Å². The molecule has 0 spiro atoms. The van der Waals surface area contributed by atoms with Gasteiger partial charge in [-0.2, -0.15) is 8.42 Å². The molecule has 0 aromatic carbocycles. The minimum absolute atomic E-state index is 0.0684. The van der Waals surface area contributed by atoms with E-state index in [2.05, 4.69) is 0 Å². The van der Waals surface area contributed by atoms with Crippen LogP contribution in [0.2, 0.25) is 0 Å². The van der Waals surface area contributed by atoms with Crippen molar-refractivity contribution in [3.8, 4) is 0 Å². The molecule has 74 valence electrons. The second-order valence-electron chi connectivity index (χ2n) is 4.39. The largest absolute Gasteiger partial charge is 0.305 e. The lowest BCUT2D eigenvalue weighted by molar-refractivity contribution is 0.361. The van der Waals surface area contributed by atoms with Gasteiger partial charge in [-0.3, -0.25) is 0 Å². The quantitative estimate of drug-likeness (QED) is 0.650. The highest BCUT2D eigenvalue weighted by atomic mass is 32.3. The van der Waals surface area contributed by atoms with Gasteiger partial charge < -0.3 is 0 Å². The third-order valence-corrected chi connectivity index (χ3v) is 2.98. The molecule has 0 rings (SSSR count). The van der Waals surface area contributed by atoms with Gasteiger partial charge in [0.25, 0.3) is 0 Å². The second kappa shape index (κ2) is 3.73. The molecule has 0 aromatic rings. The zero-order chi connectivity index (χ0) is 9.99. The smallest absolute Gasteiger partial charge is 0.195 e. The van der Waals surface area contributed by atoms with Crippen LogP contribution in [0.4, 0.5) is 3.89 Å². The lowest BCUT2D eigenvalue weighted by atomic mass is 9.90. The van der Waals surface area contributed by atoms with Gasteiger partial charge in [-0.05, 0) is 25.2 Å². The van der Waals surface area contributed by atoms with Gasteiger partial charge >= 0.3 is 10.2 Å². The topological polar surface area (TPSA) is 34.1 Å². The summed E-state index contributed by atoms with van der Waals surface area (Å²) in [5.41, 5.74) is 0.0684. The Bertz CT molecular complexity index is 226. The van der Waals surface area contributed by atoms with E-state index in [-0.39, 0.29) is 5.41 Å². The summed E-state index contributed by atoms with van der Waals surface area (Å²) in [7, 11) is -4.33. The van der Waals surface area contributed by atoms with Gasteiger partial charge in [-0.25, -0.2) is 0 Å². The molecule has 0 saturated heterocycles. The Morgan fingerprint density at radius 2 is 1.75 bits per heavy atom. The van der Waals surface area contributed by atoms with Crippen LogP contribution in [0.25, 0.3) is 0 Å². The van der Waals surface area contributed by atoms with Crippen molar-refractivity contribution < 1.29 is 12.3 Å². The van der Waals surface area contributed by atoms with Crippen molar-refractivity contribution in [1.82, 2.24) is 0 Å². The van der Waals surface area contributed by atoms with Crippen LogP contribution in [-0.4, -0.2) is 13.7 Å². The third-order valence-electron chi connectivity index (χ3n) is 1.78. The molecule has 0 bridgehead atoms. The van der Waals surface area contributed by atoms with Crippen LogP contribution in [0.3, 0.4) is 0 Å². The Labute approximate surface area is 74.4 Å². The molecule has 0 heterocycles. The summed E-state index contributed by atoms with van der Waals surface area (Å²) in [5, 5.41) is -0.864. The first kappa shape index (κ1) is 11.9. The van der Waals surface area contributed by atoms with E-state index in [1.54, 1.807) is 0 Å². The summed E-state index contributed by atoms with van der Waals surface area (Å²) >= 11 is 0. The van der Waals surface area contributed by atoms with Gasteiger partial charge in [0.1, 0.15) is 0 Å². The number of hydrogen-bond donors (Lipinski definition) is 0. The molecule has 0 aliphatic carbocycles. The van der Waals surface area contributed by atoms with Gasteiger partial charge in [0.2, 0.25) is 0 Å². The lowest BCUT2D eigenvalue weighted by Gasteiger charge is -2.18. The van der Waals surface area contributed by atoms with E-state index in [0.29, 0.717) is 6.42 Å². The molecule has 4 heteroatoms. The van der Waals surface area contributed by atoms with E-state index < -0.39 is 15.5 Å². The van der Waals surface area contributed by atoms with Crippen LogP contribution in [0.15, 0.2) is 0 Å². The predicted octanol–water partition coefficient (Wildman–Crippen LogP) is 2.50. The highest BCUT2D eigenvalue weighted by molar-refractivity contribution is 7.86. The normalized spacial score (nSPS) is 16.1. The van der Waals surface area contributed by atoms with E-state index in [9.17, 15) is 12.3 Å². The summed E-state index contributed by atoms with van der Waals surface area (Å²) in [6.07, 6.45) is 1.11. The summed E-state index contributed by atoms with van der Waals surface area (Å²) in [4.78, 5) is 0. The van der Waals surface area contributed by atoms with Crippen molar-refractivity contribution in [3.05, 3.63) is 0 Å². The summed E-state index contributed by atoms with van der Waals surface area (Å²) in [5.74, 6) is 0. The molecule has 0 fully saturated rings. The van der Waals surface area contributed by atoms with E-state index >= 15 is 0 Å². The first-order chi connectivity index (χ1) is 5.13. The van der Waals surface area contributed by atoms with Gasteiger partial charge in [0.15, 0.2) is 0 Å². The standard InChI is InChI=1S/C8H17FO2S/c1-7(12(9,10)11)5-6-8(2,3)4/h7H,5-6H2,1-4H3. The van der Waals surface area contributed by atoms with E-state index in [1.165, 1.54) is 6.92 Å². The molecule has 1 unspecified atom stereocenters. The number of hydrogen-bond acceptors (Lipinski definition) is 2. The zero-order valence-electron chi connectivity index (χ0n) is 8.09. The highest BCUT2D eigenvalue weighted by Gasteiger charge is 2.21. The minimum atomic E-state index is -4.33. The van der Waals surface area contributed by atoms with Crippen molar-refractivity contribution in [2.45, 2.75) is 45.8 Å². The maximum absolute atomic E-state index is 12.3. The molecular weight excluding hydrogens is 179 g/mol. The summed E-state index contributed by atoms with van der Waals surface area (Å²) in [6.45, 7) is 7.42. The zero-order valence-corrected chi connectivity index (χ0v) is 8.91. The Balaban J connectivity index is 3.98. The van der Waals surface area contributed by atoms with Crippen LogP contribution in [0.1, 0.15) is 40.5 Å². The monoisotopic (exact) mass is 196 g/mol. The first-order valence-corrected chi connectivity index (χ1v) is 5.51. The first-order valence-electron chi connectivity index (χ1n) is 4.06. The molecule has 0 aliphatic rings. The minimum Gasteiger partial charge on any atom is -0.195 e. The van der Waals surface area contributed by atoms with Crippen LogP contribution in [0, 0.1) is 5.41 Å².